The standard InChI is InChI=1S/C5H12.CH3P/c1-3-5-4-2;1-2/h3-5H2,1-2H3;2H,1H2. The summed E-state index contributed by atoms with van der Waals surface area (Å²) in [6.07, 6.45) is 7.13. The first-order valence-corrected chi connectivity index (χ1v) is 3.47. The molecule has 0 nitrogen and oxygen atoms in total. The minimum absolute atomic E-state index is 1.34. The van der Waals surface area contributed by atoms with Crippen LogP contribution in [0.1, 0.15) is 33.1 Å². The first-order valence-electron chi connectivity index (χ1n) is 2.77. The Morgan fingerprint density at radius 2 is 1.43 bits per heavy atom. The van der Waals surface area contributed by atoms with Crippen molar-refractivity contribution in [2.75, 3.05) is 0 Å². The lowest BCUT2D eigenvalue weighted by molar-refractivity contribution is 0.772. The maximum atomic E-state index is 3.06. The van der Waals surface area contributed by atoms with Crippen molar-refractivity contribution in [1.29, 1.82) is 0 Å². The van der Waals surface area contributed by atoms with Crippen LogP contribution in [0.15, 0.2) is 0 Å². The van der Waals surface area contributed by atoms with E-state index in [1.165, 1.54) is 19.3 Å². The van der Waals surface area contributed by atoms with Crippen LogP contribution >= 0.6 is 8.86 Å². The van der Waals surface area contributed by atoms with Crippen LogP contribution in [0.5, 0.6) is 0 Å². The van der Waals surface area contributed by atoms with Gasteiger partial charge in [0.2, 0.25) is 0 Å². The van der Waals surface area contributed by atoms with Gasteiger partial charge in [0.25, 0.3) is 0 Å². The highest BCUT2D eigenvalue weighted by molar-refractivity contribution is 7.15. The van der Waals surface area contributed by atoms with E-state index in [4.69, 9.17) is 0 Å². The lowest BCUT2D eigenvalue weighted by atomic mass is 10.3. The molecular formula is C6H15P. The largest absolute Gasteiger partial charge is 0.130 e. The number of unbranched alkanes of at least 4 members (excludes halogenated alkanes) is 2. The second kappa shape index (κ2) is 16.4. The van der Waals surface area contributed by atoms with E-state index in [1.54, 1.807) is 0 Å². The normalized spacial score (nSPS) is 6.57. The van der Waals surface area contributed by atoms with E-state index >= 15 is 0 Å². The van der Waals surface area contributed by atoms with Gasteiger partial charge in [0.05, 0.1) is 0 Å². The Bertz CT molecular complexity index is 18.1. The van der Waals surface area contributed by atoms with Crippen LogP contribution in [0.25, 0.3) is 0 Å². The third-order valence-corrected chi connectivity index (χ3v) is 0.707. The zero-order valence-corrected chi connectivity index (χ0v) is 6.33. The second-order valence-corrected chi connectivity index (χ2v) is 1.35. The molecule has 0 amide bonds. The monoisotopic (exact) mass is 118 g/mol. The maximum absolute atomic E-state index is 3.06. The van der Waals surface area contributed by atoms with Crippen molar-refractivity contribution in [3.05, 3.63) is 0 Å². The van der Waals surface area contributed by atoms with E-state index in [2.05, 4.69) is 29.0 Å². The van der Waals surface area contributed by atoms with Gasteiger partial charge >= 0.3 is 0 Å². The fourth-order valence-corrected chi connectivity index (χ4v) is 0.354. The Hall–Kier alpha value is 0.170. The summed E-state index contributed by atoms with van der Waals surface area (Å²) in [5.41, 5.74) is 0. The molecule has 0 N–H and O–H groups in total. The van der Waals surface area contributed by atoms with E-state index in [-0.39, 0.29) is 0 Å². The summed E-state index contributed by atoms with van der Waals surface area (Å²) in [4.78, 5) is 0. The summed E-state index contributed by atoms with van der Waals surface area (Å²) >= 11 is 0. The highest BCUT2D eigenvalue weighted by Gasteiger charge is 1.68. The highest BCUT2D eigenvalue weighted by Crippen LogP contribution is 1.88. The van der Waals surface area contributed by atoms with Crippen molar-refractivity contribution in [1.82, 2.24) is 0 Å². The first kappa shape index (κ1) is 10.2. The number of hydrogen-bond donors (Lipinski definition) is 0. The molecule has 0 bridgehead atoms. The fourth-order valence-electron chi connectivity index (χ4n) is 0.354. The predicted molar refractivity (Wildman–Crippen MR) is 40.6 cm³/mol. The fraction of sp³-hybridized carbons (Fsp3) is 0.833. The summed E-state index contributed by atoms with van der Waals surface area (Å²) < 4.78 is 0. The molecule has 0 aromatic rings. The molecule has 0 atom stereocenters. The van der Waals surface area contributed by atoms with Gasteiger partial charge in [-0.05, 0) is 0 Å². The molecule has 0 aliphatic carbocycles. The summed E-state index contributed by atoms with van der Waals surface area (Å²) in [6, 6.07) is 0. The van der Waals surface area contributed by atoms with Gasteiger partial charge in [-0.1, -0.05) is 39.4 Å². The van der Waals surface area contributed by atoms with Gasteiger partial charge in [-0.3, -0.25) is 0 Å². The van der Waals surface area contributed by atoms with Crippen molar-refractivity contribution in [3.8, 4) is 0 Å². The van der Waals surface area contributed by atoms with E-state index in [1.807, 2.05) is 0 Å². The molecule has 0 aliphatic heterocycles. The predicted octanol–water partition coefficient (Wildman–Crippen LogP) is 2.76. The van der Waals surface area contributed by atoms with E-state index < -0.39 is 0 Å². The van der Waals surface area contributed by atoms with Crippen molar-refractivity contribution < 1.29 is 0 Å². The smallest absolute Gasteiger partial charge is 0.0538 e. The van der Waals surface area contributed by atoms with Gasteiger partial charge in [0.15, 0.2) is 0 Å². The van der Waals surface area contributed by atoms with Crippen molar-refractivity contribution in [2.45, 2.75) is 33.1 Å². The van der Waals surface area contributed by atoms with Crippen LogP contribution in [-0.4, -0.2) is 6.30 Å². The van der Waals surface area contributed by atoms with Crippen LogP contribution < -0.4 is 0 Å². The van der Waals surface area contributed by atoms with E-state index in [0.29, 0.717) is 0 Å². The first-order chi connectivity index (χ1) is 3.41. The van der Waals surface area contributed by atoms with Gasteiger partial charge in [-0.15, -0.1) is 8.86 Å². The van der Waals surface area contributed by atoms with Gasteiger partial charge in [-0.2, -0.15) is 0 Å². The molecule has 0 rings (SSSR count). The minimum atomic E-state index is 1.34. The molecule has 1 heteroatoms. The molecule has 0 unspecified atom stereocenters. The minimum Gasteiger partial charge on any atom is -0.130 e. The summed E-state index contributed by atoms with van der Waals surface area (Å²) in [6.45, 7) is 4.42. The maximum Gasteiger partial charge on any atom is -0.0538 e. The average Bonchev–Trinajstić information content (AvgIpc) is 1.75. The number of rotatable bonds is 2. The van der Waals surface area contributed by atoms with Crippen LogP contribution in [0.3, 0.4) is 0 Å². The lowest BCUT2D eigenvalue weighted by Crippen LogP contribution is -1.59. The summed E-state index contributed by atoms with van der Waals surface area (Å²) in [5.74, 6) is 0. The van der Waals surface area contributed by atoms with Crippen LogP contribution in [0.4, 0.5) is 0 Å². The van der Waals surface area contributed by atoms with Gasteiger partial charge in [0.1, 0.15) is 0 Å². The van der Waals surface area contributed by atoms with Gasteiger partial charge in [0, 0.05) is 0 Å². The summed E-state index contributed by atoms with van der Waals surface area (Å²) in [7, 11) is 2.72. The Morgan fingerprint density at radius 3 is 1.43 bits per heavy atom. The molecule has 0 fully saturated rings. The molecule has 0 saturated heterocycles. The SMILES string of the molecule is C=P.CCCCC. The molecule has 0 spiro atoms. The molecule has 7 heavy (non-hydrogen) atoms. The molecule has 0 aromatic carbocycles. The number of hydrogen-bond acceptors (Lipinski definition) is 0. The molecule has 0 aliphatic rings. The summed E-state index contributed by atoms with van der Waals surface area (Å²) in [5, 5.41) is 0. The van der Waals surface area contributed by atoms with Crippen LogP contribution in [0, 0.1) is 0 Å². The molecule has 44 valence electrons. The van der Waals surface area contributed by atoms with E-state index in [9.17, 15) is 0 Å². The van der Waals surface area contributed by atoms with Crippen LogP contribution in [0.2, 0.25) is 0 Å². The molecule has 0 aromatic heterocycles. The Balaban J connectivity index is 0. The third kappa shape index (κ3) is 22.8. The zero-order chi connectivity index (χ0) is 6.12. The Labute approximate surface area is 49.2 Å². The van der Waals surface area contributed by atoms with Crippen molar-refractivity contribution in [3.63, 3.8) is 0 Å². The highest BCUT2D eigenvalue weighted by atomic mass is 31.0. The zero-order valence-electron chi connectivity index (χ0n) is 5.33. The van der Waals surface area contributed by atoms with E-state index in [0.717, 1.165) is 0 Å². The Morgan fingerprint density at radius 1 is 1.14 bits per heavy atom. The van der Waals surface area contributed by atoms with Gasteiger partial charge < -0.3 is 0 Å². The van der Waals surface area contributed by atoms with Crippen molar-refractivity contribution in [2.24, 2.45) is 0 Å². The molecule has 0 heterocycles. The van der Waals surface area contributed by atoms with Gasteiger partial charge in [-0.25, -0.2) is 0 Å². The molecule has 0 saturated carbocycles. The average molecular weight is 118 g/mol. The van der Waals surface area contributed by atoms with Crippen molar-refractivity contribution >= 4 is 15.2 Å². The van der Waals surface area contributed by atoms with Crippen LogP contribution in [-0.2, 0) is 0 Å². The second-order valence-electron chi connectivity index (χ2n) is 1.35. The molecule has 0 radical (unpaired) electrons. The topological polar surface area (TPSA) is 0 Å². The third-order valence-electron chi connectivity index (χ3n) is 0.707. The molecular weight excluding hydrogens is 103 g/mol. The lowest BCUT2D eigenvalue weighted by Gasteiger charge is -1.79. The Kier molecular flexibility index (Phi) is 23.9. The quantitative estimate of drug-likeness (QED) is 0.489.